The smallest absolute Gasteiger partial charge is 0.315 e. The van der Waals surface area contributed by atoms with Gasteiger partial charge >= 0.3 is 5.97 Å². The molecule has 1 aliphatic rings. The lowest BCUT2D eigenvalue weighted by molar-refractivity contribution is -0.137. The van der Waals surface area contributed by atoms with Crippen molar-refractivity contribution in [2.45, 2.75) is 19.4 Å². The second-order valence-electron chi connectivity index (χ2n) is 4.80. The fraction of sp³-hybridized carbons (Fsp3) is 0.188. The third-order valence-electron chi connectivity index (χ3n) is 3.47. The minimum Gasteiger partial charge on any atom is -0.489 e. The van der Waals surface area contributed by atoms with Crippen molar-refractivity contribution in [2.24, 2.45) is 0 Å². The van der Waals surface area contributed by atoms with Gasteiger partial charge in [0.15, 0.2) is 0 Å². The van der Waals surface area contributed by atoms with Gasteiger partial charge in [0.05, 0.1) is 0 Å². The maximum absolute atomic E-state index is 11.7. The summed E-state index contributed by atoms with van der Waals surface area (Å²) < 4.78 is 5.75. The van der Waals surface area contributed by atoms with Gasteiger partial charge < -0.3 is 9.84 Å². The van der Waals surface area contributed by atoms with E-state index in [9.17, 15) is 9.90 Å². The predicted octanol–water partition coefficient (Wildman–Crippen LogP) is 3.10. The number of carboxylic acids is 1. The second kappa shape index (κ2) is 4.43. The minimum absolute atomic E-state index is 0.413. The van der Waals surface area contributed by atoms with Crippen molar-refractivity contribution < 1.29 is 14.6 Å². The van der Waals surface area contributed by atoms with Gasteiger partial charge in [0.25, 0.3) is 0 Å². The maximum Gasteiger partial charge on any atom is 0.315 e. The fourth-order valence-electron chi connectivity index (χ4n) is 2.56. The van der Waals surface area contributed by atoms with E-state index in [4.69, 9.17) is 4.74 Å². The van der Waals surface area contributed by atoms with E-state index in [1.807, 2.05) is 49.4 Å². The summed E-state index contributed by atoms with van der Waals surface area (Å²) in [4.78, 5) is 11.7. The normalized spacial score (nSPS) is 16.8. The monoisotopic (exact) mass is 254 g/mol. The van der Waals surface area contributed by atoms with E-state index in [1.165, 1.54) is 0 Å². The van der Waals surface area contributed by atoms with Gasteiger partial charge in [-0.2, -0.15) is 0 Å². The summed E-state index contributed by atoms with van der Waals surface area (Å²) in [6.45, 7) is 2.37. The highest BCUT2D eigenvalue weighted by molar-refractivity contribution is 5.82. The number of aryl methyl sites for hydroxylation is 1. The van der Waals surface area contributed by atoms with Crippen molar-refractivity contribution in [1.29, 1.82) is 0 Å². The summed E-state index contributed by atoms with van der Waals surface area (Å²) >= 11 is 0. The molecule has 3 rings (SSSR count). The van der Waals surface area contributed by atoms with Crippen LogP contribution in [-0.4, -0.2) is 11.1 Å². The molecule has 1 atom stereocenters. The van der Waals surface area contributed by atoms with Gasteiger partial charge in [-0.3, -0.25) is 4.79 Å². The van der Waals surface area contributed by atoms with Crippen molar-refractivity contribution >= 4 is 5.97 Å². The topological polar surface area (TPSA) is 46.5 Å². The van der Waals surface area contributed by atoms with Gasteiger partial charge in [0.1, 0.15) is 18.3 Å². The highest BCUT2D eigenvalue weighted by atomic mass is 16.5. The van der Waals surface area contributed by atoms with Gasteiger partial charge in [-0.05, 0) is 24.1 Å². The number of benzene rings is 2. The Morgan fingerprint density at radius 1 is 1.21 bits per heavy atom. The van der Waals surface area contributed by atoms with Crippen LogP contribution in [0.2, 0.25) is 0 Å². The van der Waals surface area contributed by atoms with Crippen LogP contribution >= 0.6 is 0 Å². The van der Waals surface area contributed by atoms with Crippen molar-refractivity contribution in [2.75, 3.05) is 0 Å². The number of rotatable bonds is 1. The van der Waals surface area contributed by atoms with Crippen LogP contribution in [0.1, 0.15) is 28.2 Å². The number of ether oxygens (including phenoxy) is 1. The van der Waals surface area contributed by atoms with E-state index < -0.39 is 11.9 Å². The van der Waals surface area contributed by atoms with Crippen molar-refractivity contribution in [1.82, 2.24) is 0 Å². The first-order chi connectivity index (χ1) is 9.16. The summed E-state index contributed by atoms with van der Waals surface area (Å²) in [6.07, 6.45) is 0. The molecule has 19 heavy (non-hydrogen) atoms. The Kier molecular flexibility index (Phi) is 2.75. The molecule has 2 aromatic carbocycles. The first kappa shape index (κ1) is 11.8. The summed E-state index contributed by atoms with van der Waals surface area (Å²) in [5, 5.41) is 9.59. The molecule has 0 bridgehead atoms. The molecule has 1 N–H and O–H groups in total. The standard InChI is InChI=1S/C16H14O3/c1-10-6-7-14-13(8-10)15(16(17)18)12-5-3-2-4-11(12)9-19-14/h2-8,15H,9H2,1H3,(H,17,18). The Hall–Kier alpha value is -2.29. The average Bonchev–Trinajstić information content (AvgIpc) is 2.54. The molecule has 3 nitrogen and oxygen atoms in total. The molecule has 96 valence electrons. The number of fused-ring (bicyclic) bond motifs is 2. The largest absolute Gasteiger partial charge is 0.489 e. The van der Waals surface area contributed by atoms with Crippen molar-refractivity contribution in [3.63, 3.8) is 0 Å². The molecule has 0 radical (unpaired) electrons. The first-order valence-electron chi connectivity index (χ1n) is 6.21. The summed E-state index contributed by atoms with van der Waals surface area (Å²) in [5.74, 6) is -0.840. The number of hydrogen-bond acceptors (Lipinski definition) is 2. The van der Waals surface area contributed by atoms with Gasteiger partial charge in [-0.1, -0.05) is 42.0 Å². The number of hydrogen-bond donors (Lipinski definition) is 1. The SMILES string of the molecule is Cc1ccc2c(c1)C(C(=O)O)c1ccccc1CO2. The highest BCUT2D eigenvalue weighted by Gasteiger charge is 2.30. The first-order valence-corrected chi connectivity index (χ1v) is 6.21. The maximum atomic E-state index is 11.7. The Balaban J connectivity index is 2.25. The van der Waals surface area contributed by atoms with Crippen molar-refractivity contribution in [3.05, 3.63) is 64.7 Å². The van der Waals surface area contributed by atoms with Gasteiger partial charge in [0.2, 0.25) is 0 Å². The molecule has 0 aromatic heterocycles. The molecular weight excluding hydrogens is 240 g/mol. The Labute approximate surface area is 111 Å². The lowest BCUT2D eigenvalue weighted by Gasteiger charge is -2.15. The molecule has 0 spiro atoms. The Bertz CT molecular complexity index is 646. The van der Waals surface area contributed by atoms with Gasteiger partial charge in [-0.15, -0.1) is 0 Å². The number of aliphatic carboxylic acids is 1. The van der Waals surface area contributed by atoms with Crippen LogP contribution in [0.4, 0.5) is 0 Å². The van der Waals surface area contributed by atoms with E-state index in [2.05, 4.69) is 0 Å². The van der Waals surface area contributed by atoms with Crippen molar-refractivity contribution in [3.8, 4) is 5.75 Å². The van der Waals surface area contributed by atoms with Gasteiger partial charge in [-0.25, -0.2) is 0 Å². The van der Waals surface area contributed by atoms with Crippen LogP contribution < -0.4 is 4.74 Å². The van der Waals surface area contributed by atoms with E-state index in [-0.39, 0.29) is 0 Å². The Morgan fingerprint density at radius 2 is 2.00 bits per heavy atom. The average molecular weight is 254 g/mol. The van der Waals surface area contributed by atoms with Crippen LogP contribution in [-0.2, 0) is 11.4 Å². The van der Waals surface area contributed by atoms with Crippen LogP contribution in [0.5, 0.6) is 5.75 Å². The molecule has 0 saturated carbocycles. The molecule has 3 heteroatoms. The molecular formula is C16H14O3. The van der Waals surface area contributed by atoms with E-state index >= 15 is 0 Å². The molecule has 0 saturated heterocycles. The van der Waals surface area contributed by atoms with Gasteiger partial charge in [0, 0.05) is 5.56 Å². The van der Waals surface area contributed by atoms with E-state index in [0.717, 1.165) is 22.3 Å². The lowest BCUT2D eigenvalue weighted by atomic mass is 9.88. The molecule has 2 aromatic rings. The van der Waals surface area contributed by atoms with Crippen LogP contribution in [0.15, 0.2) is 42.5 Å². The summed E-state index contributed by atoms with van der Waals surface area (Å²) in [7, 11) is 0. The molecule has 1 aliphatic heterocycles. The molecule has 1 unspecified atom stereocenters. The quantitative estimate of drug-likeness (QED) is 0.850. The zero-order valence-corrected chi connectivity index (χ0v) is 10.6. The zero-order chi connectivity index (χ0) is 13.4. The molecule has 1 heterocycles. The highest BCUT2D eigenvalue weighted by Crippen LogP contribution is 2.37. The molecule has 0 fully saturated rings. The lowest BCUT2D eigenvalue weighted by Crippen LogP contribution is -2.13. The number of carbonyl (C=O) groups is 1. The fourth-order valence-corrected chi connectivity index (χ4v) is 2.56. The third kappa shape index (κ3) is 1.97. The second-order valence-corrected chi connectivity index (χ2v) is 4.80. The van der Waals surface area contributed by atoms with E-state index in [0.29, 0.717) is 12.4 Å². The van der Waals surface area contributed by atoms with Crippen LogP contribution in [0.25, 0.3) is 0 Å². The predicted molar refractivity (Wildman–Crippen MR) is 71.4 cm³/mol. The third-order valence-corrected chi connectivity index (χ3v) is 3.47. The Morgan fingerprint density at radius 3 is 2.79 bits per heavy atom. The number of carboxylic acid groups (broad SMARTS) is 1. The summed E-state index contributed by atoms with van der Waals surface area (Å²) in [6, 6.07) is 13.3. The summed E-state index contributed by atoms with van der Waals surface area (Å²) in [5.41, 5.74) is 3.52. The van der Waals surface area contributed by atoms with Crippen LogP contribution in [0.3, 0.4) is 0 Å². The van der Waals surface area contributed by atoms with E-state index in [1.54, 1.807) is 0 Å². The minimum atomic E-state index is -0.843. The molecule has 0 amide bonds. The van der Waals surface area contributed by atoms with Crippen LogP contribution in [0, 0.1) is 6.92 Å². The molecule has 0 aliphatic carbocycles. The zero-order valence-electron chi connectivity index (χ0n) is 10.6.